The SMILES string of the molecule is CS(=O)c1ccccc1Cl.O=S(=O)(Cl)c1ccccc1Cl. The molecule has 1 atom stereocenters. The number of halogens is 3. The van der Waals surface area contributed by atoms with Gasteiger partial charge in [-0.25, -0.2) is 8.42 Å². The smallest absolute Gasteiger partial charge is 0.255 e. The standard InChI is InChI=1S/C7H7ClOS.C6H4Cl2O2S/c1-10(9)7-5-3-2-4-6(7)8;7-5-3-1-2-4-6(5)11(8,9)10/h2-5H,1H3;1-4H. The van der Waals surface area contributed by atoms with Crippen molar-refractivity contribution in [3.8, 4) is 0 Å². The Bertz CT molecular complexity index is 746. The molecule has 0 N–H and O–H groups in total. The number of hydrogen-bond donors (Lipinski definition) is 0. The summed E-state index contributed by atoms with van der Waals surface area (Å²) >= 11 is 11.3. The lowest BCUT2D eigenvalue weighted by atomic mass is 10.4. The largest absolute Gasteiger partial charge is 0.262 e. The Balaban J connectivity index is 0.000000211. The molecule has 0 saturated carbocycles. The summed E-state index contributed by atoms with van der Waals surface area (Å²) in [5.74, 6) is 0. The van der Waals surface area contributed by atoms with Gasteiger partial charge in [0.05, 0.1) is 25.7 Å². The van der Waals surface area contributed by atoms with E-state index in [0.717, 1.165) is 0 Å². The predicted molar refractivity (Wildman–Crippen MR) is 88.3 cm³/mol. The summed E-state index contributed by atoms with van der Waals surface area (Å²) in [4.78, 5) is 0.646. The first-order chi connectivity index (χ1) is 9.73. The minimum Gasteiger partial charge on any atom is -0.255 e. The maximum absolute atomic E-state index is 10.9. The molecule has 2 aromatic rings. The molecular formula is C13H11Cl3O3S2. The van der Waals surface area contributed by atoms with E-state index in [1.807, 2.05) is 12.1 Å². The van der Waals surface area contributed by atoms with Crippen LogP contribution in [0.4, 0.5) is 0 Å². The lowest BCUT2D eigenvalue weighted by Gasteiger charge is -1.96. The molecule has 0 aliphatic rings. The van der Waals surface area contributed by atoms with Gasteiger partial charge in [0.15, 0.2) is 0 Å². The zero-order chi connectivity index (χ0) is 16.0. The van der Waals surface area contributed by atoms with Gasteiger partial charge in [-0.05, 0) is 24.3 Å². The zero-order valence-electron chi connectivity index (χ0n) is 10.8. The van der Waals surface area contributed by atoms with E-state index in [1.165, 1.54) is 12.1 Å². The zero-order valence-corrected chi connectivity index (χ0v) is 14.7. The maximum atomic E-state index is 10.9. The molecule has 2 aromatic carbocycles. The van der Waals surface area contributed by atoms with Gasteiger partial charge in [0.2, 0.25) is 0 Å². The molecule has 0 aliphatic carbocycles. The van der Waals surface area contributed by atoms with Gasteiger partial charge in [0, 0.05) is 16.9 Å². The summed E-state index contributed by atoms with van der Waals surface area (Å²) in [5, 5.41) is 0.714. The molecule has 0 heterocycles. The van der Waals surface area contributed by atoms with E-state index in [-0.39, 0.29) is 9.92 Å². The van der Waals surface area contributed by atoms with E-state index in [9.17, 15) is 12.6 Å². The van der Waals surface area contributed by atoms with Crippen molar-refractivity contribution in [1.82, 2.24) is 0 Å². The molecular weight excluding hydrogens is 375 g/mol. The second-order valence-corrected chi connectivity index (χ2v) is 8.45. The van der Waals surface area contributed by atoms with Gasteiger partial charge in [-0.15, -0.1) is 0 Å². The van der Waals surface area contributed by atoms with Crippen LogP contribution in [0.25, 0.3) is 0 Å². The van der Waals surface area contributed by atoms with Crippen molar-refractivity contribution in [3.63, 3.8) is 0 Å². The van der Waals surface area contributed by atoms with Crippen molar-refractivity contribution in [2.24, 2.45) is 0 Å². The lowest BCUT2D eigenvalue weighted by molar-refractivity contribution is 0.609. The van der Waals surface area contributed by atoms with Crippen LogP contribution in [0.1, 0.15) is 0 Å². The Labute approximate surface area is 140 Å². The Morgan fingerprint density at radius 1 is 0.905 bits per heavy atom. The van der Waals surface area contributed by atoms with E-state index in [0.29, 0.717) is 9.92 Å². The summed E-state index contributed by atoms with van der Waals surface area (Å²) in [6, 6.07) is 13.1. The first kappa shape index (κ1) is 18.5. The quantitative estimate of drug-likeness (QED) is 0.722. The molecule has 114 valence electrons. The average molecular weight is 386 g/mol. The van der Waals surface area contributed by atoms with Crippen molar-refractivity contribution < 1.29 is 12.6 Å². The first-order valence-electron chi connectivity index (χ1n) is 5.50. The number of rotatable bonds is 2. The molecule has 0 aromatic heterocycles. The van der Waals surface area contributed by atoms with E-state index in [1.54, 1.807) is 30.5 Å². The molecule has 2 rings (SSSR count). The van der Waals surface area contributed by atoms with Crippen molar-refractivity contribution in [3.05, 3.63) is 58.6 Å². The van der Waals surface area contributed by atoms with Crippen LogP contribution in [0.15, 0.2) is 58.3 Å². The van der Waals surface area contributed by atoms with E-state index in [2.05, 4.69) is 0 Å². The molecule has 0 fully saturated rings. The highest BCUT2D eigenvalue weighted by atomic mass is 35.7. The Kier molecular flexibility index (Phi) is 7.16. The van der Waals surface area contributed by atoms with Gasteiger partial charge in [0.1, 0.15) is 4.90 Å². The second-order valence-electron chi connectivity index (χ2n) is 3.75. The average Bonchev–Trinajstić information content (AvgIpc) is 2.39. The van der Waals surface area contributed by atoms with E-state index < -0.39 is 19.9 Å². The fraction of sp³-hybridized carbons (Fsp3) is 0.0769. The Morgan fingerprint density at radius 3 is 1.71 bits per heavy atom. The van der Waals surface area contributed by atoms with E-state index in [4.69, 9.17) is 33.9 Å². The van der Waals surface area contributed by atoms with Crippen LogP contribution in [0.3, 0.4) is 0 Å². The summed E-state index contributed by atoms with van der Waals surface area (Å²) in [6.07, 6.45) is 1.61. The highest BCUT2D eigenvalue weighted by molar-refractivity contribution is 8.13. The molecule has 0 aliphatic heterocycles. The molecule has 0 amide bonds. The van der Waals surface area contributed by atoms with Crippen LogP contribution >= 0.6 is 33.9 Å². The van der Waals surface area contributed by atoms with Crippen LogP contribution in [-0.2, 0) is 19.9 Å². The van der Waals surface area contributed by atoms with Crippen LogP contribution < -0.4 is 0 Å². The van der Waals surface area contributed by atoms with Gasteiger partial charge in [-0.3, -0.25) is 4.21 Å². The second kappa shape index (κ2) is 8.15. The van der Waals surface area contributed by atoms with Gasteiger partial charge in [-0.2, -0.15) is 0 Å². The Hall–Kier alpha value is -0.590. The minimum absolute atomic E-state index is 0.0525. The van der Waals surface area contributed by atoms with Crippen LogP contribution in [0.5, 0.6) is 0 Å². The molecule has 8 heteroatoms. The monoisotopic (exact) mass is 384 g/mol. The Morgan fingerprint density at radius 2 is 1.38 bits per heavy atom. The molecule has 0 saturated heterocycles. The fourth-order valence-electron chi connectivity index (χ4n) is 1.32. The lowest BCUT2D eigenvalue weighted by Crippen LogP contribution is -1.90. The van der Waals surface area contributed by atoms with Crippen LogP contribution in [-0.4, -0.2) is 18.9 Å². The summed E-state index contributed by atoms with van der Waals surface area (Å²) in [7, 11) is 0.386. The summed E-state index contributed by atoms with van der Waals surface area (Å²) in [5.41, 5.74) is 0. The van der Waals surface area contributed by atoms with Gasteiger partial charge in [-0.1, -0.05) is 47.5 Å². The summed E-state index contributed by atoms with van der Waals surface area (Å²) in [6.45, 7) is 0. The molecule has 1 unspecified atom stereocenters. The molecule has 0 spiro atoms. The van der Waals surface area contributed by atoms with Crippen LogP contribution in [0.2, 0.25) is 10.0 Å². The van der Waals surface area contributed by atoms with Gasteiger partial charge >= 0.3 is 0 Å². The number of benzene rings is 2. The van der Waals surface area contributed by atoms with Crippen LogP contribution in [0, 0.1) is 0 Å². The number of hydrogen-bond acceptors (Lipinski definition) is 3. The highest BCUT2D eigenvalue weighted by Gasteiger charge is 2.12. The molecule has 0 bridgehead atoms. The van der Waals surface area contributed by atoms with Crippen molar-refractivity contribution in [2.75, 3.05) is 6.26 Å². The first-order valence-corrected chi connectivity index (χ1v) is 10.1. The molecule has 0 radical (unpaired) electrons. The van der Waals surface area contributed by atoms with Crippen molar-refractivity contribution in [2.45, 2.75) is 9.79 Å². The summed E-state index contributed by atoms with van der Waals surface area (Å²) < 4.78 is 32.4. The predicted octanol–water partition coefficient (Wildman–Crippen LogP) is 4.34. The third-order valence-corrected chi connectivity index (χ3v) is 5.48. The third-order valence-electron chi connectivity index (χ3n) is 2.25. The normalized spacial score (nSPS) is 12.2. The minimum atomic E-state index is -3.69. The molecule has 3 nitrogen and oxygen atoms in total. The van der Waals surface area contributed by atoms with Crippen molar-refractivity contribution in [1.29, 1.82) is 0 Å². The third kappa shape index (κ3) is 5.96. The maximum Gasteiger partial charge on any atom is 0.262 e. The fourth-order valence-corrected chi connectivity index (χ4v) is 3.90. The molecule has 21 heavy (non-hydrogen) atoms. The highest BCUT2D eigenvalue weighted by Crippen LogP contribution is 2.23. The van der Waals surface area contributed by atoms with Crippen molar-refractivity contribution >= 4 is 53.7 Å². The van der Waals surface area contributed by atoms with Gasteiger partial charge < -0.3 is 0 Å². The van der Waals surface area contributed by atoms with E-state index >= 15 is 0 Å². The topological polar surface area (TPSA) is 51.2 Å². The van der Waals surface area contributed by atoms with Gasteiger partial charge in [0.25, 0.3) is 9.05 Å².